The average Bonchev–Trinajstić information content (AvgIpc) is 2.75. The molecule has 0 aliphatic carbocycles. The van der Waals surface area contributed by atoms with Crippen LogP contribution in [0, 0.1) is 0 Å². The molecule has 3 rings (SSSR count). The molecule has 4 amide bonds. The van der Waals surface area contributed by atoms with Crippen LogP contribution in [0.25, 0.3) is 6.08 Å². The van der Waals surface area contributed by atoms with Gasteiger partial charge in [-0.2, -0.15) is 13.2 Å². The van der Waals surface area contributed by atoms with E-state index in [0.29, 0.717) is 30.1 Å². The summed E-state index contributed by atoms with van der Waals surface area (Å²) in [6, 6.07) is 3.76. The lowest BCUT2D eigenvalue weighted by atomic mass is 10.1. The summed E-state index contributed by atoms with van der Waals surface area (Å²) in [6.45, 7) is 2.27. The second kappa shape index (κ2) is 9.94. The Hall–Kier alpha value is -3.24. The third kappa shape index (κ3) is 5.13. The zero-order chi connectivity index (χ0) is 25.2. The molecule has 0 spiro atoms. The second-order valence-corrected chi connectivity index (χ2v) is 7.82. The number of alkyl halides is 3. The Kier molecular flexibility index (Phi) is 7.42. The lowest BCUT2D eigenvalue weighted by Crippen LogP contribution is -2.54. The predicted molar refractivity (Wildman–Crippen MR) is 119 cm³/mol. The minimum absolute atomic E-state index is 0.136. The van der Waals surface area contributed by atoms with E-state index in [1.807, 2.05) is 12.2 Å². The van der Waals surface area contributed by atoms with Crippen molar-refractivity contribution in [2.45, 2.75) is 19.5 Å². The van der Waals surface area contributed by atoms with Gasteiger partial charge in [0, 0.05) is 0 Å². The van der Waals surface area contributed by atoms with Gasteiger partial charge in [0.1, 0.15) is 5.57 Å². The molecular formula is C22H17Cl2F3N2O5. The molecule has 0 bridgehead atoms. The molecule has 12 heteroatoms. The maximum absolute atomic E-state index is 13.2. The predicted octanol–water partition coefficient (Wildman–Crippen LogP) is 5.48. The maximum Gasteiger partial charge on any atom is 0.416 e. The number of methoxy groups -OCH3 is 1. The highest BCUT2D eigenvalue weighted by Crippen LogP contribution is 2.39. The first-order valence-electron chi connectivity index (χ1n) is 9.76. The molecule has 0 saturated carbocycles. The number of barbiturate groups is 1. The Morgan fingerprint density at radius 1 is 1.09 bits per heavy atom. The van der Waals surface area contributed by atoms with Gasteiger partial charge in [-0.1, -0.05) is 30.1 Å². The number of anilines is 1. The van der Waals surface area contributed by atoms with Crippen LogP contribution in [0.1, 0.15) is 24.5 Å². The van der Waals surface area contributed by atoms with Crippen LogP contribution in [-0.2, 0) is 15.8 Å². The van der Waals surface area contributed by atoms with Gasteiger partial charge in [0.25, 0.3) is 11.8 Å². The first-order valence-corrected chi connectivity index (χ1v) is 10.5. The maximum atomic E-state index is 13.2. The number of benzene rings is 2. The lowest BCUT2D eigenvalue weighted by Gasteiger charge is -2.27. The van der Waals surface area contributed by atoms with Crippen molar-refractivity contribution in [3.8, 4) is 11.5 Å². The van der Waals surface area contributed by atoms with Crippen LogP contribution in [0.15, 0.2) is 35.9 Å². The Labute approximate surface area is 202 Å². The minimum Gasteiger partial charge on any atom is -0.493 e. The Morgan fingerprint density at radius 2 is 1.79 bits per heavy atom. The lowest BCUT2D eigenvalue weighted by molar-refractivity contribution is -0.137. The molecule has 1 saturated heterocycles. The van der Waals surface area contributed by atoms with E-state index < -0.39 is 40.8 Å². The molecular weight excluding hydrogens is 500 g/mol. The molecule has 0 aromatic heterocycles. The van der Waals surface area contributed by atoms with E-state index in [-0.39, 0.29) is 27.1 Å². The first-order chi connectivity index (χ1) is 16.0. The van der Waals surface area contributed by atoms with Crippen molar-refractivity contribution in [3.05, 3.63) is 57.1 Å². The van der Waals surface area contributed by atoms with Gasteiger partial charge >= 0.3 is 12.2 Å². The van der Waals surface area contributed by atoms with E-state index in [9.17, 15) is 27.6 Å². The number of carbonyl (C=O) groups excluding carboxylic acids is 3. The topological polar surface area (TPSA) is 84.9 Å². The van der Waals surface area contributed by atoms with Crippen molar-refractivity contribution in [2.75, 3.05) is 18.6 Å². The second-order valence-electron chi connectivity index (χ2n) is 7.00. The smallest absolute Gasteiger partial charge is 0.416 e. The Morgan fingerprint density at radius 3 is 2.41 bits per heavy atom. The number of ether oxygens (including phenoxy) is 2. The fraction of sp³-hybridized carbons (Fsp3) is 0.227. The standard InChI is InChI=1S/C22H17Cl2F3N2O5/c1-3-6-34-18-15(24)8-11(9-17(18)33-2)7-13-19(30)28-21(32)29(20(13)31)16-10-12(22(25,26)27)4-5-14(16)23/h4-5,7-10H,3,6H2,1-2H3,(H,28,30,32)/b13-7-. The molecule has 1 aliphatic rings. The van der Waals surface area contributed by atoms with E-state index in [0.717, 1.165) is 12.1 Å². The van der Waals surface area contributed by atoms with Crippen molar-refractivity contribution in [3.63, 3.8) is 0 Å². The van der Waals surface area contributed by atoms with Crippen molar-refractivity contribution >= 4 is 52.8 Å². The third-order valence-electron chi connectivity index (χ3n) is 4.63. The number of amides is 4. The van der Waals surface area contributed by atoms with Crippen LogP contribution in [0.4, 0.5) is 23.7 Å². The molecule has 1 N–H and O–H groups in total. The van der Waals surface area contributed by atoms with Crippen LogP contribution < -0.4 is 19.7 Å². The van der Waals surface area contributed by atoms with Crippen molar-refractivity contribution in [2.24, 2.45) is 0 Å². The number of hydrogen-bond donors (Lipinski definition) is 1. The molecule has 1 heterocycles. The Bertz CT molecular complexity index is 1200. The Balaban J connectivity index is 2.06. The van der Waals surface area contributed by atoms with Gasteiger partial charge in [0.15, 0.2) is 11.5 Å². The van der Waals surface area contributed by atoms with Gasteiger partial charge < -0.3 is 9.47 Å². The van der Waals surface area contributed by atoms with Gasteiger partial charge in [0.05, 0.1) is 35.0 Å². The third-order valence-corrected chi connectivity index (χ3v) is 5.23. The highest BCUT2D eigenvalue weighted by molar-refractivity contribution is 6.42. The molecule has 0 atom stereocenters. The normalized spacial score (nSPS) is 15.6. The summed E-state index contributed by atoms with van der Waals surface area (Å²) >= 11 is 12.2. The number of urea groups is 1. The summed E-state index contributed by atoms with van der Waals surface area (Å²) in [5, 5.41) is 1.76. The number of nitrogens with zero attached hydrogens (tertiary/aromatic N) is 1. The molecule has 7 nitrogen and oxygen atoms in total. The minimum atomic E-state index is -4.75. The SMILES string of the molecule is CCCOc1c(Cl)cc(/C=C2/C(=O)NC(=O)N(c3cc(C(F)(F)F)ccc3Cl)C2=O)cc1OC. The number of halogens is 5. The summed E-state index contributed by atoms with van der Waals surface area (Å²) < 4.78 is 50.3. The van der Waals surface area contributed by atoms with Crippen LogP contribution in [0.3, 0.4) is 0 Å². The van der Waals surface area contributed by atoms with Crippen molar-refractivity contribution in [1.82, 2.24) is 5.32 Å². The first kappa shape index (κ1) is 25.4. The number of carbonyl (C=O) groups is 3. The number of nitrogens with one attached hydrogen (secondary N) is 1. The number of hydrogen-bond acceptors (Lipinski definition) is 5. The van der Waals surface area contributed by atoms with Gasteiger partial charge in [-0.15, -0.1) is 0 Å². The number of rotatable bonds is 6. The molecule has 180 valence electrons. The summed E-state index contributed by atoms with van der Waals surface area (Å²) in [5.74, 6) is -1.72. The van der Waals surface area contributed by atoms with E-state index >= 15 is 0 Å². The molecule has 34 heavy (non-hydrogen) atoms. The van der Waals surface area contributed by atoms with Crippen LogP contribution >= 0.6 is 23.2 Å². The van der Waals surface area contributed by atoms with E-state index in [4.69, 9.17) is 32.7 Å². The number of imide groups is 2. The molecule has 2 aromatic rings. The fourth-order valence-electron chi connectivity index (χ4n) is 3.07. The fourth-order valence-corrected chi connectivity index (χ4v) is 3.55. The highest BCUT2D eigenvalue weighted by Gasteiger charge is 2.39. The van der Waals surface area contributed by atoms with E-state index in [1.54, 1.807) is 0 Å². The highest BCUT2D eigenvalue weighted by atomic mass is 35.5. The largest absolute Gasteiger partial charge is 0.493 e. The molecule has 1 fully saturated rings. The molecule has 2 aromatic carbocycles. The quantitative estimate of drug-likeness (QED) is 0.406. The summed E-state index contributed by atoms with van der Waals surface area (Å²) in [7, 11) is 1.37. The monoisotopic (exact) mass is 516 g/mol. The van der Waals surface area contributed by atoms with E-state index in [2.05, 4.69) is 0 Å². The molecule has 0 radical (unpaired) electrons. The van der Waals surface area contributed by atoms with Crippen LogP contribution in [-0.4, -0.2) is 31.6 Å². The summed E-state index contributed by atoms with van der Waals surface area (Å²) in [4.78, 5) is 38.2. The van der Waals surface area contributed by atoms with Crippen molar-refractivity contribution in [1.29, 1.82) is 0 Å². The van der Waals surface area contributed by atoms with E-state index in [1.165, 1.54) is 19.2 Å². The van der Waals surface area contributed by atoms with Crippen LogP contribution in [0.5, 0.6) is 11.5 Å². The summed E-state index contributed by atoms with van der Waals surface area (Å²) in [6.07, 6.45) is -2.92. The van der Waals surface area contributed by atoms with Gasteiger partial charge in [-0.25, -0.2) is 9.69 Å². The van der Waals surface area contributed by atoms with Gasteiger partial charge in [-0.05, 0) is 48.4 Å². The van der Waals surface area contributed by atoms with Gasteiger partial charge in [0.2, 0.25) is 0 Å². The van der Waals surface area contributed by atoms with Crippen molar-refractivity contribution < 1.29 is 37.0 Å². The average molecular weight is 517 g/mol. The molecule has 0 unspecified atom stereocenters. The zero-order valence-corrected chi connectivity index (χ0v) is 19.3. The molecule has 1 aliphatic heterocycles. The van der Waals surface area contributed by atoms with Gasteiger partial charge in [-0.3, -0.25) is 14.9 Å². The zero-order valence-electron chi connectivity index (χ0n) is 17.8. The van der Waals surface area contributed by atoms with Crippen LogP contribution in [0.2, 0.25) is 10.0 Å². The summed E-state index contributed by atoms with van der Waals surface area (Å²) in [5.41, 5.74) is -1.95.